The molecule has 0 aliphatic rings. The Morgan fingerprint density at radius 1 is 1.15 bits per heavy atom. The van der Waals surface area contributed by atoms with E-state index in [9.17, 15) is 14.7 Å². The van der Waals surface area contributed by atoms with Crippen LogP contribution in [0.15, 0.2) is 60.8 Å². The van der Waals surface area contributed by atoms with Crippen LogP contribution in [0.4, 0.5) is 5.69 Å². The molecule has 0 aliphatic carbocycles. The zero-order valence-electron chi connectivity index (χ0n) is 14.7. The number of nitrogens with one attached hydrogen (secondary N) is 2. The molecule has 1 aromatic heterocycles. The van der Waals surface area contributed by atoms with Gasteiger partial charge in [0.25, 0.3) is 5.91 Å². The number of pyridine rings is 1. The molecule has 0 bridgehead atoms. The standard InChI is InChI=1S/C20H19N3O4/c1-27-16-7-4-6-15(10-16)22-20(26)18(12-24)23-19(25)14-9-13-5-2-3-8-17(13)21-11-14/h2-11,18,24H,12H2,1H3,(H,22,26)(H,23,25)/t18-/m0/s1. The van der Waals surface area contributed by atoms with Gasteiger partial charge in [-0.3, -0.25) is 14.6 Å². The molecule has 0 unspecified atom stereocenters. The average Bonchev–Trinajstić information content (AvgIpc) is 2.71. The highest BCUT2D eigenvalue weighted by atomic mass is 16.5. The topological polar surface area (TPSA) is 101 Å². The minimum absolute atomic E-state index is 0.307. The van der Waals surface area contributed by atoms with Gasteiger partial charge < -0.3 is 20.5 Å². The van der Waals surface area contributed by atoms with Gasteiger partial charge in [0.2, 0.25) is 5.91 Å². The van der Waals surface area contributed by atoms with Crippen molar-refractivity contribution in [2.75, 3.05) is 19.0 Å². The second-order valence-corrected chi connectivity index (χ2v) is 5.85. The maximum absolute atomic E-state index is 12.5. The lowest BCUT2D eigenvalue weighted by molar-refractivity contribution is -0.118. The van der Waals surface area contributed by atoms with E-state index in [2.05, 4.69) is 15.6 Å². The van der Waals surface area contributed by atoms with Gasteiger partial charge in [-0.05, 0) is 24.3 Å². The summed E-state index contributed by atoms with van der Waals surface area (Å²) in [4.78, 5) is 29.1. The lowest BCUT2D eigenvalue weighted by atomic mass is 10.1. The molecule has 27 heavy (non-hydrogen) atoms. The molecular weight excluding hydrogens is 346 g/mol. The summed E-state index contributed by atoms with van der Waals surface area (Å²) in [6.45, 7) is -0.539. The molecule has 7 heteroatoms. The number of hydrogen-bond acceptors (Lipinski definition) is 5. The normalized spacial score (nSPS) is 11.6. The number of carbonyl (C=O) groups excluding carboxylic acids is 2. The second-order valence-electron chi connectivity index (χ2n) is 5.85. The number of aliphatic hydroxyl groups is 1. The van der Waals surface area contributed by atoms with Gasteiger partial charge >= 0.3 is 0 Å². The molecule has 1 heterocycles. The molecule has 2 amide bonds. The first-order valence-corrected chi connectivity index (χ1v) is 8.32. The smallest absolute Gasteiger partial charge is 0.253 e. The molecule has 3 N–H and O–H groups in total. The van der Waals surface area contributed by atoms with Crippen LogP contribution in [0.25, 0.3) is 10.9 Å². The third-order valence-corrected chi connectivity index (χ3v) is 3.99. The molecule has 0 saturated heterocycles. The van der Waals surface area contributed by atoms with Crippen LogP contribution in [0.1, 0.15) is 10.4 Å². The summed E-state index contributed by atoms with van der Waals surface area (Å²) < 4.78 is 5.10. The first-order valence-electron chi connectivity index (χ1n) is 8.32. The van der Waals surface area contributed by atoms with Gasteiger partial charge in [0.05, 0.1) is 24.8 Å². The third-order valence-electron chi connectivity index (χ3n) is 3.99. The van der Waals surface area contributed by atoms with Gasteiger partial charge in [-0.1, -0.05) is 24.3 Å². The van der Waals surface area contributed by atoms with Crippen molar-refractivity contribution in [3.63, 3.8) is 0 Å². The minimum Gasteiger partial charge on any atom is -0.497 e. The lowest BCUT2D eigenvalue weighted by Crippen LogP contribution is -2.46. The highest BCUT2D eigenvalue weighted by Gasteiger charge is 2.21. The van der Waals surface area contributed by atoms with E-state index in [0.717, 1.165) is 10.9 Å². The Hall–Kier alpha value is -3.45. The van der Waals surface area contributed by atoms with E-state index in [-0.39, 0.29) is 0 Å². The number of amides is 2. The van der Waals surface area contributed by atoms with E-state index in [1.807, 2.05) is 24.3 Å². The number of fused-ring (bicyclic) bond motifs is 1. The number of rotatable bonds is 6. The molecule has 3 aromatic rings. The summed E-state index contributed by atoms with van der Waals surface area (Å²) in [5, 5.41) is 15.5. The van der Waals surface area contributed by atoms with E-state index < -0.39 is 24.5 Å². The summed E-state index contributed by atoms with van der Waals surface area (Å²) in [6, 6.07) is 14.8. The highest BCUT2D eigenvalue weighted by Crippen LogP contribution is 2.17. The Morgan fingerprint density at radius 2 is 1.96 bits per heavy atom. The van der Waals surface area contributed by atoms with E-state index in [0.29, 0.717) is 17.0 Å². The fraction of sp³-hybridized carbons (Fsp3) is 0.150. The third kappa shape index (κ3) is 4.39. The summed E-state index contributed by atoms with van der Waals surface area (Å²) in [6.07, 6.45) is 1.44. The van der Waals surface area contributed by atoms with Gasteiger partial charge in [0.1, 0.15) is 11.8 Å². The molecule has 0 radical (unpaired) electrons. The monoisotopic (exact) mass is 365 g/mol. The Balaban J connectivity index is 1.70. The molecule has 0 saturated carbocycles. The number of carbonyl (C=O) groups is 2. The van der Waals surface area contributed by atoms with Crippen molar-refractivity contribution in [3.8, 4) is 5.75 Å². The largest absolute Gasteiger partial charge is 0.497 e. The van der Waals surface area contributed by atoms with Crippen LogP contribution < -0.4 is 15.4 Å². The van der Waals surface area contributed by atoms with Crippen LogP contribution in [-0.2, 0) is 4.79 Å². The van der Waals surface area contributed by atoms with Gasteiger partial charge in [0.15, 0.2) is 0 Å². The predicted molar refractivity (Wildman–Crippen MR) is 102 cm³/mol. The number of aliphatic hydroxyl groups excluding tert-OH is 1. The van der Waals surface area contributed by atoms with Crippen molar-refractivity contribution in [1.82, 2.24) is 10.3 Å². The molecule has 3 rings (SSSR count). The zero-order chi connectivity index (χ0) is 19.2. The quantitative estimate of drug-likeness (QED) is 0.620. The van der Waals surface area contributed by atoms with E-state index in [1.165, 1.54) is 13.3 Å². The van der Waals surface area contributed by atoms with Crippen molar-refractivity contribution in [1.29, 1.82) is 0 Å². The molecule has 0 aliphatic heterocycles. The van der Waals surface area contributed by atoms with Crippen molar-refractivity contribution >= 4 is 28.4 Å². The Morgan fingerprint density at radius 3 is 2.74 bits per heavy atom. The van der Waals surface area contributed by atoms with E-state index in [4.69, 9.17) is 4.74 Å². The van der Waals surface area contributed by atoms with Crippen LogP contribution >= 0.6 is 0 Å². The number of anilines is 1. The number of nitrogens with zero attached hydrogens (tertiary/aromatic N) is 1. The number of hydrogen-bond donors (Lipinski definition) is 3. The Bertz CT molecular complexity index is 974. The Kier molecular flexibility index (Phi) is 5.63. The Labute approximate surface area is 156 Å². The first-order chi connectivity index (χ1) is 13.1. The summed E-state index contributed by atoms with van der Waals surface area (Å²) in [5.41, 5.74) is 1.57. The van der Waals surface area contributed by atoms with Crippen molar-refractivity contribution in [2.45, 2.75) is 6.04 Å². The summed E-state index contributed by atoms with van der Waals surface area (Å²) in [5.74, 6) is -0.444. The van der Waals surface area contributed by atoms with Gasteiger partial charge in [0, 0.05) is 23.3 Å². The molecule has 0 spiro atoms. The predicted octanol–water partition coefficient (Wildman–Crippen LogP) is 1.97. The minimum atomic E-state index is -1.10. The number of para-hydroxylation sites is 1. The van der Waals surface area contributed by atoms with Crippen molar-refractivity contribution in [2.24, 2.45) is 0 Å². The fourth-order valence-corrected chi connectivity index (χ4v) is 2.56. The molecule has 138 valence electrons. The van der Waals surface area contributed by atoms with E-state index >= 15 is 0 Å². The molecule has 7 nitrogen and oxygen atoms in total. The van der Waals surface area contributed by atoms with Crippen LogP contribution in [0.2, 0.25) is 0 Å². The number of benzene rings is 2. The first kappa shape index (κ1) is 18.3. The number of aromatic nitrogens is 1. The van der Waals surface area contributed by atoms with Gasteiger partial charge in [-0.15, -0.1) is 0 Å². The maximum atomic E-state index is 12.5. The SMILES string of the molecule is COc1cccc(NC(=O)[C@H](CO)NC(=O)c2cnc3ccccc3c2)c1. The second kappa shape index (κ2) is 8.29. The fourth-order valence-electron chi connectivity index (χ4n) is 2.56. The average molecular weight is 365 g/mol. The number of ether oxygens (including phenoxy) is 1. The highest BCUT2D eigenvalue weighted by molar-refractivity contribution is 6.02. The zero-order valence-corrected chi connectivity index (χ0v) is 14.7. The number of methoxy groups -OCH3 is 1. The summed E-state index contributed by atoms with van der Waals surface area (Å²) in [7, 11) is 1.52. The molecular formula is C20H19N3O4. The van der Waals surface area contributed by atoms with Crippen molar-refractivity contribution < 1.29 is 19.4 Å². The maximum Gasteiger partial charge on any atom is 0.253 e. The molecule has 2 aromatic carbocycles. The van der Waals surface area contributed by atoms with Crippen LogP contribution in [-0.4, -0.2) is 41.7 Å². The van der Waals surface area contributed by atoms with Crippen LogP contribution in [0.5, 0.6) is 5.75 Å². The van der Waals surface area contributed by atoms with Crippen LogP contribution in [0.3, 0.4) is 0 Å². The lowest BCUT2D eigenvalue weighted by Gasteiger charge is -2.16. The van der Waals surface area contributed by atoms with Gasteiger partial charge in [-0.2, -0.15) is 0 Å². The molecule has 1 atom stereocenters. The van der Waals surface area contributed by atoms with Crippen LogP contribution in [0, 0.1) is 0 Å². The van der Waals surface area contributed by atoms with Gasteiger partial charge in [-0.25, -0.2) is 0 Å². The van der Waals surface area contributed by atoms with Crippen molar-refractivity contribution in [3.05, 3.63) is 66.4 Å². The molecule has 0 fully saturated rings. The van der Waals surface area contributed by atoms with E-state index in [1.54, 1.807) is 30.3 Å². The summed E-state index contributed by atoms with van der Waals surface area (Å²) >= 11 is 0.